The Morgan fingerprint density at radius 2 is 1.50 bits per heavy atom. The lowest BCUT2D eigenvalue weighted by molar-refractivity contribution is -0.149. The molecule has 0 spiro atoms. The molecule has 2 fully saturated rings. The molecule has 4 N–H and O–H groups in total. The third kappa shape index (κ3) is 16.5. The number of likely N-dealkylation sites (N-methyl/N-ethyl adjacent to an activating group) is 2. The SMILES string of the molecule is CCCCSC1CC(=O)N(CCCCCC(=O)N(C)C(C(=O)N[C@H](C(=O)N(C)[C@@H]([C@@H](C)CC)[C@@H](CC(=O)N2CCC[C@H]2[C@H](OC)[C@@H](C)C(=O)N[C@H](C(=O)O)[C@@H](O)c2ccccc2)OC)C(C)C)C(C)C)C1=O. The van der Waals surface area contributed by atoms with E-state index in [1.165, 1.54) is 24.0 Å². The zero-order valence-electron chi connectivity index (χ0n) is 45.0. The van der Waals surface area contributed by atoms with Crippen molar-refractivity contribution in [1.29, 1.82) is 0 Å². The Hall–Kier alpha value is -4.59. The molecule has 1 aromatic rings. The minimum atomic E-state index is -1.64. The van der Waals surface area contributed by atoms with E-state index in [1.54, 1.807) is 72.9 Å². The van der Waals surface area contributed by atoms with E-state index in [9.17, 15) is 48.6 Å². The Morgan fingerprint density at radius 3 is 2.07 bits per heavy atom. The number of ether oxygens (including phenoxy) is 2. The number of nitrogens with zero attached hydrogens (tertiary/aromatic N) is 4. The fraction of sp³-hybridized carbons (Fsp3) is 0.736. The summed E-state index contributed by atoms with van der Waals surface area (Å²) >= 11 is 1.54. The number of imide groups is 1. The molecule has 18 nitrogen and oxygen atoms in total. The molecule has 0 radical (unpaired) electrons. The molecule has 72 heavy (non-hydrogen) atoms. The number of thioether (sulfide) groups is 1. The number of unbranched alkanes of at least 4 members (excludes halogenated alkanes) is 3. The summed E-state index contributed by atoms with van der Waals surface area (Å²) in [4.78, 5) is 114. The summed E-state index contributed by atoms with van der Waals surface area (Å²) in [6.07, 6.45) is 2.65. The molecular formula is C53H86N6O12S. The van der Waals surface area contributed by atoms with Crippen molar-refractivity contribution in [3.63, 3.8) is 0 Å². The summed E-state index contributed by atoms with van der Waals surface area (Å²) in [5, 5.41) is 26.0. The first kappa shape index (κ1) is 61.7. The molecule has 3 rings (SSSR count). The fourth-order valence-electron chi connectivity index (χ4n) is 10.0. The lowest BCUT2D eigenvalue weighted by Gasteiger charge is -2.41. The van der Waals surface area contributed by atoms with Gasteiger partial charge < -0.3 is 45.0 Å². The normalized spacial score (nSPS) is 19.8. The number of rotatable bonds is 31. The average molecular weight is 1030 g/mol. The van der Waals surface area contributed by atoms with Gasteiger partial charge in [-0.1, -0.05) is 105 Å². The molecule has 0 aliphatic carbocycles. The monoisotopic (exact) mass is 1030 g/mol. The second-order valence-electron chi connectivity index (χ2n) is 20.3. The first-order valence-corrected chi connectivity index (χ1v) is 27.0. The Morgan fingerprint density at radius 1 is 0.847 bits per heavy atom. The highest BCUT2D eigenvalue weighted by Gasteiger charge is 2.44. The summed E-state index contributed by atoms with van der Waals surface area (Å²) in [6, 6.07) is 3.51. The number of aliphatic carboxylic acids is 1. The summed E-state index contributed by atoms with van der Waals surface area (Å²) < 4.78 is 11.9. The van der Waals surface area contributed by atoms with Crippen LogP contribution in [0.4, 0.5) is 0 Å². The number of aliphatic hydroxyl groups is 1. The topological polar surface area (TPSA) is 232 Å². The van der Waals surface area contributed by atoms with Gasteiger partial charge in [0.1, 0.15) is 18.2 Å². The van der Waals surface area contributed by atoms with Gasteiger partial charge in [-0.15, -0.1) is 11.8 Å². The first-order chi connectivity index (χ1) is 34.1. The number of hydrogen-bond donors (Lipinski definition) is 4. The highest BCUT2D eigenvalue weighted by Crippen LogP contribution is 2.31. The largest absolute Gasteiger partial charge is 0.480 e. The molecule has 0 bridgehead atoms. The maximum atomic E-state index is 14.6. The van der Waals surface area contributed by atoms with E-state index in [-0.39, 0.29) is 71.8 Å². The number of benzene rings is 1. The summed E-state index contributed by atoms with van der Waals surface area (Å²) in [5.74, 6) is -4.62. The van der Waals surface area contributed by atoms with Gasteiger partial charge in [0, 0.05) is 54.2 Å². The third-order valence-electron chi connectivity index (χ3n) is 14.5. The molecule has 2 unspecified atom stereocenters. The number of carbonyl (C=O) groups excluding carboxylic acids is 7. The smallest absolute Gasteiger partial charge is 0.329 e. The second-order valence-corrected chi connectivity index (χ2v) is 21.6. The van der Waals surface area contributed by atoms with E-state index in [1.807, 2.05) is 41.5 Å². The fourth-order valence-corrected chi connectivity index (χ4v) is 11.3. The molecule has 2 saturated heterocycles. The van der Waals surface area contributed by atoms with Gasteiger partial charge in [-0.2, -0.15) is 0 Å². The predicted octanol–water partition coefficient (Wildman–Crippen LogP) is 5.05. The van der Waals surface area contributed by atoms with Gasteiger partial charge >= 0.3 is 5.97 Å². The maximum absolute atomic E-state index is 14.6. The van der Waals surface area contributed by atoms with Crippen molar-refractivity contribution in [2.24, 2.45) is 23.7 Å². The van der Waals surface area contributed by atoms with Crippen molar-refractivity contribution >= 4 is 59.1 Å². The average Bonchev–Trinajstić information content (AvgIpc) is 3.94. The van der Waals surface area contributed by atoms with Crippen molar-refractivity contribution in [2.75, 3.05) is 47.2 Å². The zero-order valence-corrected chi connectivity index (χ0v) is 45.8. The van der Waals surface area contributed by atoms with E-state index < -0.39 is 72.2 Å². The van der Waals surface area contributed by atoms with Crippen LogP contribution in [0.1, 0.15) is 138 Å². The van der Waals surface area contributed by atoms with Crippen LogP contribution in [0.5, 0.6) is 0 Å². The quantitative estimate of drug-likeness (QED) is 0.0564. The molecule has 0 saturated carbocycles. The van der Waals surface area contributed by atoms with Crippen molar-refractivity contribution in [3.8, 4) is 0 Å². The zero-order chi connectivity index (χ0) is 54.0. The Balaban J connectivity index is 1.69. The summed E-state index contributed by atoms with van der Waals surface area (Å²) in [7, 11) is 6.15. The minimum Gasteiger partial charge on any atom is -0.480 e. The Labute approximate surface area is 432 Å². The lowest BCUT2D eigenvalue weighted by atomic mass is 9.89. The van der Waals surface area contributed by atoms with Gasteiger partial charge in [0.2, 0.25) is 41.4 Å². The van der Waals surface area contributed by atoms with Gasteiger partial charge in [0.25, 0.3) is 0 Å². The van der Waals surface area contributed by atoms with Crippen molar-refractivity contribution < 1.29 is 58.0 Å². The highest BCUT2D eigenvalue weighted by molar-refractivity contribution is 8.00. The van der Waals surface area contributed by atoms with E-state index >= 15 is 0 Å². The van der Waals surface area contributed by atoms with Gasteiger partial charge in [-0.05, 0) is 61.2 Å². The first-order valence-electron chi connectivity index (χ1n) is 26.0. The van der Waals surface area contributed by atoms with Crippen LogP contribution in [0, 0.1) is 23.7 Å². The van der Waals surface area contributed by atoms with E-state index in [0.717, 1.165) is 18.6 Å². The number of nitrogens with one attached hydrogen (secondary N) is 2. The van der Waals surface area contributed by atoms with E-state index in [2.05, 4.69) is 17.6 Å². The molecule has 11 atom stereocenters. The van der Waals surface area contributed by atoms with Crippen LogP contribution in [0.25, 0.3) is 0 Å². The van der Waals surface area contributed by atoms with E-state index in [4.69, 9.17) is 9.47 Å². The number of amides is 7. The molecule has 0 aromatic heterocycles. The summed E-state index contributed by atoms with van der Waals surface area (Å²) in [5.41, 5.74) is 0.324. The number of methoxy groups -OCH3 is 2. The van der Waals surface area contributed by atoms with Crippen molar-refractivity contribution in [3.05, 3.63) is 35.9 Å². The molecule has 1 aromatic carbocycles. The van der Waals surface area contributed by atoms with Crippen LogP contribution in [-0.4, -0.2) is 172 Å². The summed E-state index contributed by atoms with van der Waals surface area (Å²) in [6.45, 7) is 15.7. The number of hydrogen-bond acceptors (Lipinski definition) is 12. The molecule has 19 heteroatoms. The van der Waals surface area contributed by atoms with Gasteiger partial charge in [0.15, 0.2) is 6.04 Å². The maximum Gasteiger partial charge on any atom is 0.329 e. The van der Waals surface area contributed by atoms with Crippen LogP contribution < -0.4 is 10.6 Å². The van der Waals surface area contributed by atoms with Crippen LogP contribution in [0.3, 0.4) is 0 Å². The molecule has 2 aliphatic heterocycles. The minimum absolute atomic E-state index is 0.116. The van der Waals surface area contributed by atoms with Gasteiger partial charge in [-0.25, -0.2) is 4.79 Å². The van der Waals surface area contributed by atoms with Crippen molar-refractivity contribution in [2.45, 2.75) is 180 Å². The molecular weight excluding hydrogens is 945 g/mol. The second kappa shape index (κ2) is 29.9. The number of carbonyl (C=O) groups is 8. The number of aliphatic hydroxyl groups excluding tert-OH is 1. The van der Waals surface area contributed by atoms with Crippen LogP contribution in [0.15, 0.2) is 30.3 Å². The number of likely N-dealkylation sites (tertiary alicyclic amines) is 2. The predicted molar refractivity (Wildman–Crippen MR) is 276 cm³/mol. The molecule has 2 heterocycles. The Bertz CT molecular complexity index is 1960. The molecule has 7 amide bonds. The number of carboxylic acid groups (broad SMARTS) is 1. The van der Waals surface area contributed by atoms with E-state index in [0.29, 0.717) is 57.2 Å². The van der Waals surface area contributed by atoms with Gasteiger partial charge in [-0.3, -0.25) is 38.5 Å². The van der Waals surface area contributed by atoms with Crippen LogP contribution in [0.2, 0.25) is 0 Å². The standard InChI is InChI=1S/C53H86N6O12S/c1-13-15-29-72-39-31-42(62)59(51(39)66)27-21-17-20-26-40(60)56(9)45(33(5)6)50(65)54-43(32(3)4)52(67)57(10)46(34(7)14-2)38(70-11)30-41(61)58-28-22-25-37(58)48(71-12)35(8)49(64)55-44(53(68)69)47(63)36-23-18-16-19-24-36/h16,18-19,23-24,32-35,37-39,43-48,63H,13-15,17,20-22,25-31H2,1-12H3,(H,54,65)(H,55,64)(H,68,69)/t34-,35+,37-,38+,39?,43-,44-,45?,46-,47-,48+/m0/s1. The molecule has 2 aliphatic rings. The third-order valence-corrected chi connectivity index (χ3v) is 15.8. The lowest BCUT2D eigenvalue weighted by Crippen LogP contribution is -2.60. The van der Waals surface area contributed by atoms with Crippen LogP contribution in [-0.2, 0) is 47.8 Å². The molecule has 406 valence electrons. The van der Waals surface area contributed by atoms with Gasteiger partial charge in [0.05, 0.1) is 41.9 Å². The Kier molecular flexibility index (Phi) is 25.7. The van der Waals surface area contributed by atoms with Crippen molar-refractivity contribution in [1.82, 2.24) is 30.2 Å². The number of carboxylic acids is 1. The van der Waals surface area contributed by atoms with Crippen LogP contribution >= 0.6 is 11.8 Å². The highest BCUT2D eigenvalue weighted by atomic mass is 32.2.